The number of hydrogen-bond donors (Lipinski definition) is 1. The second-order valence-corrected chi connectivity index (χ2v) is 4.66. The van der Waals surface area contributed by atoms with E-state index in [0.717, 1.165) is 19.1 Å². The SMILES string of the molecule is CN(C)Cc1ccccc1CNC1CC1. The average Bonchev–Trinajstić information content (AvgIpc) is 2.99. The lowest BCUT2D eigenvalue weighted by molar-refractivity contribution is 0.400. The van der Waals surface area contributed by atoms with Gasteiger partial charge in [0.25, 0.3) is 0 Å². The Morgan fingerprint density at radius 2 is 1.87 bits per heavy atom. The summed E-state index contributed by atoms with van der Waals surface area (Å²) >= 11 is 0. The van der Waals surface area contributed by atoms with E-state index in [4.69, 9.17) is 0 Å². The zero-order valence-electron chi connectivity index (χ0n) is 9.66. The Morgan fingerprint density at radius 1 is 1.20 bits per heavy atom. The van der Waals surface area contributed by atoms with Gasteiger partial charge < -0.3 is 10.2 Å². The van der Waals surface area contributed by atoms with Crippen molar-refractivity contribution in [1.29, 1.82) is 0 Å². The summed E-state index contributed by atoms with van der Waals surface area (Å²) in [4.78, 5) is 2.22. The van der Waals surface area contributed by atoms with E-state index in [1.165, 1.54) is 24.0 Å². The fraction of sp³-hybridized carbons (Fsp3) is 0.538. The van der Waals surface area contributed by atoms with Gasteiger partial charge in [0, 0.05) is 19.1 Å². The Labute approximate surface area is 92.3 Å². The molecule has 0 heterocycles. The first-order chi connectivity index (χ1) is 7.25. The second-order valence-electron chi connectivity index (χ2n) is 4.66. The summed E-state index contributed by atoms with van der Waals surface area (Å²) in [6, 6.07) is 9.50. The third-order valence-corrected chi connectivity index (χ3v) is 2.76. The van der Waals surface area contributed by atoms with Crippen LogP contribution in [0.25, 0.3) is 0 Å². The molecule has 0 spiro atoms. The summed E-state index contributed by atoms with van der Waals surface area (Å²) in [5, 5.41) is 3.57. The fourth-order valence-corrected chi connectivity index (χ4v) is 1.77. The molecule has 1 saturated carbocycles. The predicted octanol–water partition coefficient (Wildman–Crippen LogP) is 2.00. The summed E-state index contributed by atoms with van der Waals surface area (Å²) < 4.78 is 0. The third kappa shape index (κ3) is 3.33. The average molecular weight is 204 g/mol. The first kappa shape index (κ1) is 10.7. The minimum Gasteiger partial charge on any atom is -0.310 e. The predicted molar refractivity (Wildman–Crippen MR) is 63.7 cm³/mol. The zero-order valence-corrected chi connectivity index (χ0v) is 9.66. The van der Waals surface area contributed by atoms with Crippen LogP contribution in [0.1, 0.15) is 24.0 Å². The molecular weight excluding hydrogens is 184 g/mol. The highest BCUT2D eigenvalue weighted by molar-refractivity contribution is 5.27. The first-order valence-corrected chi connectivity index (χ1v) is 5.70. The second kappa shape index (κ2) is 4.77. The Hall–Kier alpha value is -0.860. The van der Waals surface area contributed by atoms with Gasteiger partial charge in [0.1, 0.15) is 0 Å². The van der Waals surface area contributed by atoms with Crippen LogP contribution in [0.5, 0.6) is 0 Å². The van der Waals surface area contributed by atoms with E-state index >= 15 is 0 Å². The van der Waals surface area contributed by atoms with Crippen molar-refractivity contribution in [2.45, 2.75) is 32.0 Å². The van der Waals surface area contributed by atoms with Gasteiger partial charge in [-0.15, -0.1) is 0 Å². The van der Waals surface area contributed by atoms with Gasteiger partial charge in [-0.25, -0.2) is 0 Å². The zero-order chi connectivity index (χ0) is 10.7. The Bertz CT molecular complexity index is 316. The van der Waals surface area contributed by atoms with Crippen molar-refractivity contribution < 1.29 is 0 Å². The molecule has 1 aromatic rings. The van der Waals surface area contributed by atoms with E-state index in [9.17, 15) is 0 Å². The molecule has 1 aliphatic carbocycles. The van der Waals surface area contributed by atoms with Crippen molar-refractivity contribution in [2.75, 3.05) is 14.1 Å². The van der Waals surface area contributed by atoms with Crippen LogP contribution in [0.3, 0.4) is 0 Å². The van der Waals surface area contributed by atoms with E-state index < -0.39 is 0 Å². The maximum Gasteiger partial charge on any atom is 0.0230 e. The molecule has 1 N–H and O–H groups in total. The van der Waals surface area contributed by atoms with Gasteiger partial charge >= 0.3 is 0 Å². The minimum atomic E-state index is 0.789. The monoisotopic (exact) mass is 204 g/mol. The van der Waals surface area contributed by atoms with E-state index in [2.05, 4.69) is 48.6 Å². The van der Waals surface area contributed by atoms with Gasteiger partial charge in [0.05, 0.1) is 0 Å². The summed E-state index contributed by atoms with van der Waals surface area (Å²) in [6.07, 6.45) is 2.71. The molecule has 2 heteroatoms. The van der Waals surface area contributed by atoms with E-state index in [0.29, 0.717) is 0 Å². The van der Waals surface area contributed by atoms with Crippen LogP contribution < -0.4 is 5.32 Å². The molecule has 1 aromatic carbocycles. The van der Waals surface area contributed by atoms with Crippen LogP contribution in [0.2, 0.25) is 0 Å². The van der Waals surface area contributed by atoms with Gasteiger partial charge in [-0.3, -0.25) is 0 Å². The standard InChI is InChI=1S/C13H20N2/c1-15(2)10-12-6-4-3-5-11(12)9-14-13-7-8-13/h3-6,13-14H,7-10H2,1-2H3. The van der Waals surface area contributed by atoms with Crippen LogP contribution >= 0.6 is 0 Å². The van der Waals surface area contributed by atoms with Crippen LogP contribution in [0.15, 0.2) is 24.3 Å². The maximum absolute atomic E-state index is 3.57. The Morgan fingerprint density at radius 3 is 2.47 bits per heavy atom. The van der Waals surface area contributed by atoms with Gasteiger partial charge in [-0.2, -0.15) is 0 Å². The quantitative estimate of drug-likeness (QED) is 0.789. The van der Waals surface area contributed by atoms with Crippen molar-refractivity contribution in [3.05, 3.63) is 35.4 Å². The van der Waals surface area contributed by atoms with Crippen LogP contribution in [0, 0.1) is 0 Å². The molecule has 2 nitrogen and oxygen atoms in total. The van der Waals surface area contributed by atoms with Crippen molar-refractivity contribution >= 4 is 0 Å². The van der Waals surface area contributed by atoms with E-state index in [1.54, 1.807) is 0 Å². The molecule has 82 valence electrons. The van der Waals surface area contributed by atoms with Gasteiger partial charge in [0.2, 0.25) is 0 Å². The van der Waals surface area contributed by atoms with Crippen LogP contribution in [-0.2, 0) is 13.1 Å². The van der Waals surface area contributed by atoms with Crippen LogP contribution in [-0.4, -0.2) is 25.0 Å². The number of rotatable bonds is 5. The molecule has 0 atom stereocenters. The summed E-state index contributed by atoms with van der Waals surface area (Å²) in [5.41, 5.74) is 2.88. The van der Waals surface area contributed by atoms with Crippen LogP contribution in [0.4, 0.5) is 0 Å². The number of hydrogen-bond acceptors (Lipinski definition) is 2. The molecule has 0 bridgehead atoms. The minimum absolute atomic E-state index is 0.789. The first-order valence-electron chi connectivity index (χ1n) is 5.70. The molecule has 0 amide bonds. The van der Waals surface area contributed by atoms with Gasteiger partial charge in [-0.05, 0) is 38.1 Å². The lowest BCUT2D eigenvalue weighted by Crippen LogP contribution is -2.18. The largest absolute Gasteiger partial charge is 0.310 e. The molecule has 1 fully saturated rings. The maximum atomic E-state index is 3.57. The summed E-state index contributed by atoms with van der Waals surface area (Å²) in [6.45, 7) is 2.05. The highest BCUT2D eigenvalue weighted by atomic mass is 15.0. The molecule has 0 aromatic heterocycles. The van der Waals surface area contributed by atoms with Gasteiger partial charge in [0.15, 0.2) is 0 Å². The molecule has 1 aliphatic rings. The molecule has 15 heavy (non-hydrogen) atoms. The molecule has 0 saturated heterocycles. The van der Waals surface area contributed by atoms with E-state index in [1.807, 2.05) is 0 Å². The highest BCUT2D eigenvalue weighted by Gasteiger charge is 2.20. The lowest BCUT2D eigenvalue weighted by Gasteiger charge is -2.14. The number of benzene rings is 1. The van der Waals surface area contributed by atoms with E-state index in [-0.39, 0.29) is 0 Å². The summed E-state index contributed by atoms with van der Waals surface area (Å²) in [7, 11) is 4.23. The molecule has 2 rings (SSSR count). The highest BCUT2D eigenvalue weighted by Crippen LogP contribution is 2.20. The number of nitrogens with one attached hydrogen (secondary N) is 1. The van der Waals surface area contributed by atoms with Gasteiger partial charge in [-0.1, -0.05) is 24.3 Å². The Balaban J connectivity index is 1.99. The fourth-order valence-electron chi connectivity index (χ4n) is 1.77. The van der Waals surface area contributed by atoms with Crippen molar-refractivity contribution in [3.8, 4) is 0 Å². The van der Waals surface area contributed by atoms with Crippen molar-refractivity contribution in [1.82, 2.24) is 10.2 Å². The van der Waals surface area contributed by atoms with Crippen molar-refractivity contribution in [3.63, 3.8) is 0 Å². The van der Waals surface area contributed by atoms with Crippen molar-refractivity contribution in [2.24, 2.45) is 0 Å². The normalized spacial score (nSPS) is 15.9. The topological polar surface area (TPSA) is 15.3 Å². The molecule has 0 unspecified atom stereocenters. The Kier molecular flexibility index (Phi) is 3.39. The third-order valence-electron chi connectivity index (χ3n) is 2.76. The molecular formula is C13H20N2. The molecule has 0 radical (unpaired) electrons. The number of nitrogens with zero attached hydrogens (tertiary/aromatic N) is 1. The lowest BCUT2D eigenvalue weighted by atomic mass is 10.1. The summed E-state index contributed by atoms with van der Waals surface area (Å²) in [5.74, 6) is 0. The smallest absolute Gasteiger partial charge is 0.0230 e. The molecule has 0 aliphatic heterocycles.